The molecule has 0 bridgehead atoms. The van der Waals surface area contributed by atoms with E-state index in [1.54, 1.807) is 19.1 Å². The molecule has 3 aromatic rings. The first-order valence-electron chi connectivity index (χ1n) is 9.76. The van der Waals surface area contributed by atoms with Gasteiger partial charge in [0.25, 0.3) is 0 Å². The standard InChI is InChI=1S/C22H19F2N5O2/c1-11-20(24)13(4-5-27-11)14-6-18-22(29(10-25)21(14)26)28-7-15-16(23)2-3-17-19(15)12(8-30-17)9-31-18/h2-6,10,12,25-26,28H,7-9H2,1H3/t12-/m1/s1. The van der Waals surface area contributed by atoms with E-state index in [2.05, 4.69) is 10.3 Å². The van der Waals surface area contributed by atoms with E-state index >= 15 is 0 Å². The predicted octanol–water partition coefficient (Wildman–Crippen LogP) is 3.55. The van der Waals surface area contributed by atoms with Crippen molar-refractivity contribution in [3.8, 4) is 22.6 Å². The lowest BCUT2D eigenvalue weighted by Crippen LogP contribution is -2.26. The first-order valence-corrected chi connectivity index (χ1v) is 9.76. The third-order valence-electron chi connectivity index (χ3n) is 5.71. The summed E-state index contributed by atoms with van der Waals surface area (Å²) in [6.07, 6.45) is 2.42. The van der Waals surface area contributed by atoms with Crippen molar-refractivity contribution in [1.82, 2.24) is 9.55 Å². The van der Waals surface area contributed by atoms with Crippen LogP contribution in [0.4, 0.5) is 14.6 Å². The number of fused-ring (bicyclic) bond motifs is 1. The van der Waals surface area contributed by atoms with Gasteiger partial charge >= 0.3 is 0 Å². The van der Waals surface area contributed by atoms with Crippen LogP contribution in [-0.4, -0.2) is 29.1 Å². The Morgan fingerprint density at radius 2 is 1.94 bits per heavy atom. The van der Waals surface area contributed by atoms with Gasteiger partial charge in [-0.05, 0) is 31.2 Å². The Morgan fingerprint density at radius 3 is 2.71 bits per heavy atom. The second-order valence-electron chi connectivity index (χ2n) is 7.49. The fraction of sp³-hybridized carbons (Fsp3) is 0.227. The molecule has 0 fully saturated rings. The van der Waals surface area contributed by atoms with Gasteiger partial charge in [0, 0.05) is 35.0 Å². The van der Waals surface area contributed by atoms with Crippen molar-refractivity contribution in [1.29, 1.82) is 10.8 Å². The molecule has 2 aromatic heterocycles. The van der Waals surface area contributed by atoms with E-state index in [9.17, 15) is 8.78 Å². The number of benzene rings is 1. The molecule has 2 aliphatic heterocycles. The monoisotopic (exact) mass is 423 g/mol. The van der Waals surface area contributed by atoms with Crippen LogP contribution in [0.5, 0.6) is 11.5 Å². The Balaban J connectivity index is 1.68. The molecule has 5 rings (SSSR count). The average molecular weight is 423 g/mol. The molecule has 7 nitrogen and oxygen atoms in total. The number of pyridine rings is 2. The highest BCUT2D eigenvalue weighted by Gasteiger charge is 2.31. The summed E-state index contributed by atoms with van der Waals surface area (Å²) in [6, 6.07) is 6.05. The van der Waals surface area contributed by atoms with Crippen molar-refractivity contribution < 1.29 is 18.3 Å². The SMILES string of the molecule is Cc1nccc(-c2cc3c(n(C=N)c2=N)NCc2c(F)ccc4c2[C@H](CO4)CO3)c1F. The van der Waals surface area contributed by atoms with Gasteiger partial charge in [-0.1, -0.05) is 0 Å². The fourth-order valence-corrected chi connectivity index (χ4v) is 4.14. The minimum atomic E-state index is -0.535. The largest absolute Gasteiger partial charge is 0.493 e. The number of nitrogens with one attached hydrogen (secondary N) is 3. The molecule has 0 amide bonds. The third-order valence-corrected chi connectivity index (χ3v) is 5.71. The lowest BCUT2D eigenvalue weighted by molar-refractivity contribution is 0.248. The zero-order valence-electron chi connectivity index (χ0n) is 16.6. The molecule has 0 aliphatic carbocycles. The van der Waals surface area contributed by atoms with E-state index in [0.717, 1.165) is 11.9 Å². The minimum Gasteiger partial charge on any atom is -0.493 e. The number of nitrogens with zero attached hydrogens (tertiary/aromatic N) is 2. The van der Waals surface area contributed by atoms with Gasteiger partial charge in [-0.15, -0.1) is 0 Å². The van der Waals surface area contributed by atoms with E-state index in [-0.39, 0.29) is 47.2 Å². The van der Waals surface area contributed by atoms with Crippen LogP contribution in [0.25, 0.3) is 11.1 Å². The second kappa shape index (κ2) is 7.19. The Labute approximate surface area is 176 Å². The first-order chi connectivity index (χ1) is 15.0. The quantitative estimate of drug-likeness (QED) is 0.434. The molecule has 0 unspecified atom stereocenters. The molecule has 31 heavy (non-hydrogen) atoms. The summed E-state index contributed by atoms with van der Waals surface area (Å²) in [5.41, 5.74) is 1.80. The number of aromatic nitrogens is 2. The van der Waals surface area contributed by atoms with Crippen LogP contribution in [0.1, 0.15) is 22.7 Å². The number of halogens is 2. The van der Waals surface area contributed by atoms with Gasteiger partial charge in [0.1, 0.15) is 17.1 Å². The molecule has 0 spiro atoms. The normalized spacial score (nSPS) is 16.5. The summed E-state index contributed by atoms with van der Waals surface area (Å²) < 4.78 is 42.4. The molecule has 1 atom stereocenters. The molecular weight excluding hydrogens is 404 g/mol. The lowest BCUT2D eigenvalue weighted by Gasteiger charge is -2.19. The molecule has 158 valence electrons. The van der Waals surface area contributed by atoms with E-state index in [1.165, 1.54) is 22.9 Å². The number of anilines is 1. The molecule has 0 saturated carbocycles. The molecule has 1 aromatic carbocycles. The smallest absolute Gasteiger partial charge is 0.160 e. The highest BCUT2D eigenvalue weighted by molar-refractivity contribution is 5.74. The van der Waals surface area contributed by atoms with Crippen molar-refractivity contribution >= 4 is 12.2 Å². The van der Waals surface area contributed by atoms with Gasteiger partial charge in [0.15, 0.2) is 17.4 Å². The van der Waals surface area contributed by atoms with Crippen LogP contribution in [0.2, 0.25) is 0 Å². The van der Waals surface area contributed by atoms with Gasteiger partial charge in [-0.3, -0.25) is 20.4 Å². The maximum Gasteiger partial charge on any atom is 0.160 e. The van der Waals surface area contributed by atoms with Gasteiger partial charge in [0.05, 0.1) is 31.2 Å². The van der Waals surface area contributed by atoms with Crippen molar-refractivity contribution in [2.45, 2.75) is 19.4 Å². The third kappa shape index (κ3) is 2.96. The summed E-state index contributed by atoms with van der Waals surface area (Å²) in [7, 11) is 0. The molecule has 4 heterocycles. The highest BCUT2D eigenvalue weighted by Crippen LogP contribution is 2.40. The minimum absolute atomic E-state index is 0.102. The maximum atomic E-state index is 14.8. The Hall–Kier alpha value is -3.75. The van der Waals surface area contributed by atoms with Crippen molar-refractivity contribution in [3.05, 3.63) is 64.4 Å². The number of hydrogen-bond acceptors (Lipinski definition) is 6. The Bertz CT molecular complexity index is 1290. The average Bonchev–Trinajstić information content (AvgIpc) is 3.19. The van der Waals surface area contributed by atoms with E-state index in [4.69, 9.17) is 20.3 Å². The maximum absolute atomic E-state index is 14.8. The number of rotatable bonds is 2. The molecule has 0 saturated heterocycles. The Kier molecular flexibility index (Phi) is 4.46. The van der Waals surface area contributed by atoms with Crippen LogP contribution in [-0.2, 0) is 6.54 Å². The van der Waals surface area contributed by atoms with Crippen molar-refractivity contribution in [2.75, 3.05) is 18.5 Å². The zero-order chi connectivity index (χ0) is 21.7. The van der Waals surface area contributed by atoms with Crippen LogP contribution in [0, 0.1) is 29.4 Å². The summed E-state index contributed by atoms with van der Waals surface area (Å²) in [5.74, 6) is 0.239. The molecule has 3 N–H and O–H groups in total. The van der Waals surface area contributed by atoms with E-state index in [0.29, 0.717) is 29.5 Å². The number of ether oxygens (including phenoxy) is 2. The van der Waals surface area contributed by atoms with Gasteiger partial charge in [0.2, 0.25) is 0 Å². The summed E-state index contributed by atoms with van der Waals surface area (Å²) in [4.78, 5) is 3.94. The van der Waals surface area contributed by atoms with Gasteiger partial charge < -0.3 is 14.8 Å². The van der Waals surface area contributed by atoms with Crippen LogP contribution in [0.3, 0.4) is 0 Å². The summed E-state index contributed by atoms with van der Waals surface area (Å²) >= 11 is 0. The van der Waals surface area contributed by atoms with Crippen LogP contribution < -0.4 is 20.3 Å². The highest BCUT2D eigenvalue weighted by atomic mass is 19.1. The van der Waals surface area contributed by atoms with E-state index in [1.807, 2.05) is 0 Å². The van der Waals surface area contributed by atoms with Crippen molar-refractivity contribution in [3.63, 3.8) is 0 Å². The fourth-order valence-electron chi connectivity index (χ4n) is 4.14. The predicted molar refractivity (Wildman–Crippen MR) is 110 cm³/mol. The van der Waals surface area contributed by atoms with Crippen LogP contribution in [0.15, 0.2) is 30.5 Å². The number of aryl methyl sites for hydroxylation is 1. The second-order valence-corrected chi connectivity index (χ2v) is 7.49. The van der Waals surface area contributed by atoms with Crippen LogP contribution >= 0.6 is 0 Å². The lowest BCUT2D eigenvalue weighted by atomic mass is 9.96. The Morgan fingerprint density at radius 1 is 1.16 bits per heavy atom. The van der Waals surface area contributed by atoms with Crippen molar-refractivity contribution in [2.24, 2.45) is 0 Å². The molecule has 9 heteroatoms. The van der Waals surface area contributed by atoms with Gasteiger partial charge in [-0.25, -0.2) is 8.78 Å². The first kappa shape index (κ1) is 19.2. The van der Waals surface area contributed by atoms with Gasteiger partial charge in [-0.2, -0.15) is 0 Å². The molecule has 0 radical (unpaired) electrons. The topological polar surface area (TPSA) is 96.0 Å². The number of hydrogen-bond donors (Lipinski definition) is 3. The van der Waals surface area contributed by atoms with E-state index < -0.39 is 5.82 Å². The zero-order valence-corrected chi connectivity index (χ0v) is 16.6. The molecule has 2 aliphatic rings. The summed E-state index contributed by atoms with van der Waals surface area (Å²) in [6.45, 7) is 2.25. The summed E-state index contributed by atoms with van der Waals surface area (Å²) in [5, 5.41) is 19.5. The molecular formula is C22H19F2N5O2.